The highest BCUT2D eigenvalue weighted by atomic mass is 35.5. The molecular weight excluding hydrogens is 428 g/mol. The molecule has 0 bridgehead atoms. The number of halogens is 1. The molecule has 0 atom stereocenters. The fraction of sp³-hybridized carbons (Fsp3) is 0.583. The summed E-state index contributed by atoms with van der Waals surface area (Å²) in [6, 6.07) is 8.17. The molecule has 3 heterocycles. The molecular formula is C24H33ClN4O3. The summed E-state index contributed by atoms with van der Waals surface area (Å²) in [4.78, 5) is 9.25. The second-order valence-corrected chi connectivity index (χ2v) is 9.38. The minimum Gasteiger partial charge on any atom is -0.387 e. The third-order valence-corrected chi connectivity index (χ3v) is 6.78. The van der Waals surface area contributed by atoms with Crippen LogP contribution in [0.4, 0.5) is 11.6 Å². The molecule has 1 aliphatic carbocycles. The van der Waals surface area contributed by atoms with Gasteiger partial charge >= 0.3 is 0 Å². The molecule has 1 saturated carbocycles. The van der Waals surface area contributed by atoms with Crippen molar-refractivity contribution in [1.29, 1.82) is 0 Å². The lowest BCUT2D eigenvalue weighted by Crippen LogP contribution is -2.41. The molecule has 2 fully saturated rings. The predicted octanol–water partition coefficient (Wildman–Crippen LogP) is 4.37. The first-order valence-electron chi connectivity index (χ1n) is 11.5. The van der Waals surface area contributed by atoms with Crippen LogP contribution in [0.15, 0.2) is 30.5 Å². The highest BCUT2D eigenvalue weighted by Crippen LogP contribution is 2.32. The van der Waals surface area contributed by atoms with Crippen molar-refractivity contribution in [3.8, 4) is 11.3 Å². The number of nitrogens with one attached hydrogen (secondary N) is 2. The Balaban J connectivity index is 1.40. The van der Waals surface area contributed by atoms with E-state index in [-0.39, 0.29) is 6.04 Å². The van der Waals surface area contributed by atoms with Crippen LogP contribution in [-0.2, 0) is 9.47 Å². The largest absolute Gasteiger partial charge is 0.387 e. The van der Waals surface area contributed by atoms with Crippen LogP contribution in [0.2, 0.25) is 5.02 Å². The molecule has 8 heteroatoms. The van der Waals surface area contributed by atoms with Gasteiger partial charge in [0, 0.05) is 44.7 Å². The highest BCUT2D eigenvalue weighted by Gasteiger charge is 2.33. The van der Waals surface area contributed by atoms with Gasteiger partial charge in [-0.1, -0.05) is 17.7 Å². The van der Waals surface area contributed by atoms with Gasteiger partial charge in [-0.2, -0.15) is 0 Å². The third-order valence-electron chi connectivity index (χ3n) is 6.47. The number of aromatic nitrogens is 2. The Labute approximate surface area is 194 Å². The normalized spacial score (nSPS) is 24.3. The SMILES string of the molecule is COC[C@]1(O)CC[C@H](Nc2cc(-c3cccc(NCC4CCOCC4)n3)c(Cl)cn2)CC1. The average Bonchev–Trinajstić information content (AvgIpc) is 2.81. The van der Waals surface area contributed by atoms with Crippen molar-refractivity contribution < 1.29 is 14.6 Å². The number of methoxy groups -OCH3 is 1. The first-order valence-corrected chi connectivity index (χ1v) is 11.8. The first kappa shape index (κ1) is 23.2. The molecule has 0 amide bonds. The van der Waals surface area contributed by atoms with Crippen LogP contribution in [0.3, 0.4) is 0 Å². The summed E-state index contributed by atoms with van der Waals surface area (Å²) < 4.78 is 10.6. The van der Waals surface area contributed by atoms with Gasteiger partial charge < -0.3 is 25.2 Å². The third kappa shape index (κ3) is 6.10. The van der Waals surface area contributed by atoms with Crippen molar-refractivity contribution in [1.82, 2.24) is 9.97 Å². The number of pyridine rings is 2. The molecule has 4 rings (SSSR count). The number of aliphatic hydroxyl groups is 1. The molecule has 2 aromatic rings. The van der Waals surface area contributed by atoms with E-state index in [1.807, 2.05) is 24.3 Å². The Bertz CT molecular complexity index is 883. The fourth-order valence-corrected chi connectivity index (χ4v) is 4.72. The van der Waals surface area contributed by atoms with Crippen LogP contribution in [0.1, 0.15) is 38.5 Å². The van der Waals surface area contributed by atoms with Crippen molar-refractivity contribution in [2.24, 2.45) is 5.92 Å². The molecule has 7 nitrogen and oxygen atoms in total. The van der Waals surface area contributed by atoms with E-state index in [0.717, 1.165) is 68.3 Å². The summed E-state index contributed by atoms with van der Waals surface area (Å²) in [7, 11) is 1.63. The molecule has 1 aliphatic heterocycles. The van der Waals surface area contributed by atoms with Crippen LogP contribution in [0, 0.1) is 5.92 Å². The van der Waals surface area contributed by atoms with Gasteiger partial charge in [0.15, 0.2) is 0 Å². The molecule has 174 valence electrons. The molecule has 0 aromatic carbocycles. The number of anilines is 2. The van der Waals surface area contributed by atoms with E-state index in [1.165, 1.54) is 0 Å². The van der Waals surface area contributed by atoms with Crippen molar-refractivity contribution in [3.05, 3.63) is 35.5 Å². The van der Waals surface area contributed by atoms with Crippen LogP contribution >= 0.6 is 11.6 Å². The van der Waals surface area contributed by atoms with Gasteiger partial charge in [-0.15, -0.1) is 0 Å². The molecule has 0 spiro atoms. The average molecular weight is 461 g/mol. The van der Waals surface area contributed by atoms with Gasteiger partial charge in [-0.3, -0.25) is 0 Å². The van der Waals surface area contributed by atoms with Crippen LogP contribution in [0.5, 0.6) is 0 Å². The minimum absolute atomic E-state index is 0.258. The lowest BCUT2D eigenvalue weighted by molar-refractivity contribution is -0.0572. The molecule has 32 heavy (non-hydrogen) atoms. The van der Waals surface area contributed by atoms with Gasteiger partial charge in [-0.25, -0.2) is 9.97 Å². The molecule has 0 unspecified atom stereocenters. The number of rotatable bonds is 8. The van der Waals surface area contributed by atoms with E-state index in [0.29, 0.717) is 30.4 Å². The van der Waals surface area contributed by atoms with Gasteiger partial charge in [0.25, 0.3) is 0 Å². The van der Waals surface area contributed by atoms with Crippen molar-refractivity contribution >= 4 is 23.2 Å². The maximum absolute atomic E-state index is 10.5. The molecule has 1 saturated heterocycles. The lowest BCUT2D eigenvalue weighted by atomic mass is 9.82. The quantitative estimate of drug-likeness (QED) is 0.539. The second-order valence-electron chi connectivity index (χ2n) is 8.97. The van der Waals surface area contributed by atoms with E-state index >= 15 is 0 Å². The van der Waals surface area contributed by atoms with Crippen LogP contribution in [0.25, 0.3) is 11.3 Å². The van der Waals surface area contributed by atoms with E-state index in [4.69, 9.17) is 26.1 Å². The van der Waals surface area contributed by atoms with Crippen molar-refractivity contribution in [2.75, 3.05) is 44.1 Å². The summed E-state index contributed by atoms with van der Waals surface area (Å²) in [5, 5.41) is 18.1. The topological polar surface area (TPSA) is 88.5 Å². The Morgan fingerprint density at radius 1 is 1.19 bits per heavy atom. The monoisotopic (exact) mass is 460 g/mol. The maximum atomic E-state index is 10.5. The van der Waals surface area contributed by atoms with E-state index in [2.05, 4.69) is 15.6 Å². The van der Waals surface area contributed by atoms with Crippen LogP contribution in [-0.4, -0.2) is 60.2 Å². The Hall–Kier alpha value is -1.93. The number of nitrogens with zero attached hydrogens (tertiary/aromatic N) is 2. The Morgan fingerprint density at radius 2 is 1.97 bits per heavy atom. The van der Waals surface area contributed by atoms with E-state index in [1.54, 1.807) is 13.3 Å². The van der Waals surface area contributed by atoms with Gasteiger partial charge in [0.2, 0.25) is 0 Å². The van der Waals surface area contributed by atoms with E-state index < -0.39 is 5.60 Å². The zero-order chi connectivity index (χ0) is 22.4. The number of hydrogen-bond donors (Lipinski definition) is 3. The zero-order valence-electron chi connectivity index (χ0n) is 18.6. The first-order chi connectivity index (χ1) is 15.5. The number of ether oxygens (including phenoxy) is 2. The molecule has 3 N–H and O–H groups in total. The summed E-state index contributed by atoms with van der Waals surface area (Å²) in [5.74, 6) is 2.24. The van der Waals surface area contributed by atoms with Gasteiger partial charge in [0.05, 0.1) is 22.9 Å². The van der Waals surface area contributed by atoms with Crippen LogP contribution < -0.4 is 10.6 Å². The Morgan fingerprint density at radius 3 is 2.72 bits per heavy atom. The predicted molar refractivity (Wildman–Crippen MR) is 127 cm³/mol. The minimum atomic E-state index is -0.715. The van der Waals surface area contributed by atoms with Crippen molar-refractivity contribution in [3.63, 3.8) is 0 Å². The zero-order valence-corrected chi connectivity index (χ0v) is 19.4. The summed E-state index contributed by atoms with van der Waals surface area (Å²) >= 11 is 6.49. The molecule has 2 aliphatic rings. The lowest BCUT2D eigenvalue weighted by Gasteiger charge is -2.35. The van der Waals surface area contributed by atoms with Gasteiger partial charge in [-0.05, 0) is 62.6 Å². The smallest absolute Gasteiger partial charge is 0.126 e. The summed E-state index contributed by atoms with van der Waals surface area (Å²) in [5.41, 5.74) is 0.953. The standard InChI is InChI=1S/C24H33ClN4O3/c1-31-16-24(30)9-5-18(6-10-24)28-23-13-19(20(25)15-27-23)21-3-2-4-22(29-21)26-14-17-7-11-32-12-8-17/h2-4,13,15,17-18,30H,5-12,14,16H2,1H3,(H,26,29)(H,27,28)/t18-,24-. The fourth-order valence-electron chi connectivity index (χ4n) is 4.52. The van der Waals surface area contributed by atoms with Crippen molar-refractivity contribution in [2.45, 2.75) is 50.2 Å². The molecule has 0 radical (unpaired) electrons. The molecule has 2 aromatic heterocycles. The maximum Gasteiger partial charge on any atom is 0.126 e. The summed E-state index contributed by atoms with van der Waals surface area (Å²) in [6.45, 7) is 2.96. The number of hydrogen-bond acceptors (Lipinski definition) is 7. The van der Waals surface area contributed by atoms with Gasteiger partial charge in [0.1, 0.15) is 11.6 Å². The highest BCUT2D eigenvalue weighted by molar-refractivity contribution is 6.33. The second kappa shape index (κ2) is 10.8. The summed E-state index contributed by atoms with van der Waals surface area (Å²) in [6.07, 6.45) is 6.99. The Kier molecular flexibility index (Phi) is 7.84. The van der Waals surface area contributed by atoms with E-state index in [9.17, 15) is 5.11 Å².